The van der Waals surface area contributed by atoms with Crippen LogP contribution in [0, 0.1) is 24.2 Å². The molecule has 0 spiro atoms. The van der Waals surface area contributed by atoms with Crippen molar-refractivity contribution >= 4 is 36.5 Å². The highest BCUT2D eigenvalue weighted by Gasteiger charge is 2.31. The zero-order valence-electron chi connectivity index (χ0n) is 10.9. The van der Waals surface area contributed by atoms with Gasteiger partial charge in [-0.05, 0) is 13.5 Å². The second kappa shape index (κ2) is 7.29. The molecule has 1 saturated heterocycles. The Bertz CT molecular complexity index is 539. The average molecular weight is 319 g/mol. The van der Waals surface area contributed by atoms with Crippen LogP contribution in [0.1, 0.15) is 21.6 Å². The summed E-state index contributed by atoms with van der Waals surface area (Å²) in [6.45, 7) is 3.59. The summed E-state index contributed by atoms with van der Waals surface area (Å²) in [7, 11) is 0. The van der Waals surface area contributed by atoms with Gasteiger partial charge in [0.2, 0.25) is 0 Å². The van der Waals surface area contributed by atoms with Crippen molar-refractivity contribution < 1.29 is 9.90 Å². The molecule has 6 nitrogen and oxygen atoms in total. The standard InChI is InChI=1S/C12H14N4O2.2ClH/c1-7-10(12(17)18)11(9(3-14)4-15-7)16-5-8(2-13)6-16;;/h4,8H,2,5-6,13H2,1H3,(H,17,18);2*1H. The van der Waals surface area contributed by atoms with E-state index in [2.05, 4.69) is 4.98 Å². The second-order valence-electron chi connectivity index (χ2n) is 4.40. The molecule has 110 valence electrons. The van der Waals surface area contributed by atoms with E-state index < -0.39 is 5.97 Å². The molecule has 0 bridgehead atoms. The number of aryl methyl sites for hydroxylation is 1. The van der Waals surface area contributed by atoms with Gasteiger partial charge < -0.3 is 15.7 Å². The molecule has 1 aromatic heterocycles. The molecule has 0 saturated carbocycles. The maximum atomic E-state index is 11.3. The van der Waals surface area contributed by atoms with Crippen LogP contribution in [0.3, 0.4) is 0 Å². The molecule has 0 unspecified atom stereocenters. The van der Waals surface area contributed by atoms with Crippen LogP contribution >= 0.6 is 24.8 Å². The number of carbonyl (C=O) groups is 1. The molecular weight excluding hydrogens is 303 g/mol. The third-order valence-electron chi connectivity index (χ3n) is 3.18. The van der Waals surface area contributed by atoms with E-state index in [0.29, 0.717) is 42.5 Å². The molecule has 1 aliphatic rings. The molecule has 2 heterocycles. The van der Waals surface area contributed by atoms with Crippen molar-refractivity contribution in [3.05, 3.63) is 23.0 Å². The topological polar surface area (TPSA) is 103 Å². The molecule has 0 amide bonds. The lowest BCUT2D eigenvalue weighted by Gasteiger charge is -2.41. The van der Waals surface area contributed by atoms with Gasteiger partial charge in [-0.3, -0.25) is 4.98 Å². The Labute approximate surface area is 129 Å². The van der Waals surface area contributed by atoms with E-state index in [9.17, 15) is 9.90 Å². The summed E-state index contributed by atoms with van der Waals surface area (Å²) in [4.78, 5) is 17.1. The minimum absolute atomic E-state index is 0. The Hall–Kier alpha value is -1.55. The number of anilines is 1. The van der Waals surface area contributed by atoms with E-state index in [1.807, 2.05) is 11.0 Å². The normalized spacial score (nSPS) is 13.6. The van der Waals surface area contributed by atoms with Crippen LogP contribution in [-0.2, 0) is 0 Å². The van der Waals surface area contributed by atoms with Gasteiger partial charge in [0.25, 0.3) is 0 Å². The summed E-state index contributed by atoms with van der Waals surface area (Å²) in [5.41, 5.74) is 6.86. The van der Waals surface area contributed by atoms with Gasteiger partial charge in [0.15, 0.2) is 0 Å². The van der Waals surface area contributed by atoms with Gasteiger partial charge in [-0.2, -0.15) is 5.26 Å². The minimum Gasteiger partial charge on any atom is -0.478 e. The van der Waals surface area contributed by atoms with Crippen molar-refractivity contribution in [2.75, 3.05) is 24.5 Å². The maximum absolute atomic E-state index is 11.3. The number of nitrogens with zero attached hydrogens (tertiary/aromatic N) is 3. The largest absolute Gasteiger partial charge is 0.478 e. The van der Waals surface area contributed by atoms with Crippen molar-refractivity contribution in [2.45, 2.75) is 6.92 Å². The van der Waals surface area contributed by atoms with Crippen LogP contribution in [-0.4, -0.2) is 35.7 Å². The molecule has 2 rings (SSSR count). The van der Waals surface area contributed by atoms with E-state index in [4.69, 9.17) is 11.0 Å². The molecule has 1 aliphatic heterocycles. The highest BCUT2D eigenvalue weighted by molar-refractivity contribution is 5.97. The van der Waals surface area contributed by atoms with E-state index in [1.165, 1.54) is 6.20 Å². The van der Waals surface area contributed by atoms with Crippen LogP contribution in [0.15, 0.2) is 6.20 Å². The first-order chi connectivity index (χ1) is 8.58. The molecule has 1 fully saturated rings. The number of aromatic carboxylic acids is 1. The fourth-order valence-corrected chi connectivity index (χ4v) is 2.16. The van der Waals surface area contributed by atoms with Gasteiger partial charge in [-0.25, -0.2) is 4.79 Å². The van der Waals surface area contributed by atoms with Gasteiger partial charge >= 0.3 is 5.97 Å². The lowest BCUT2D eigenvalue weighted by atomic mass is 9.96. The number of aromatic nitrogens is 1. The number of rotatable bonds is 3. The zero-order valence-corrected chi connectivity index (χ0v) is 12.5. The van der Waals surface area contributed by atoms with E-state index in [0.717, 1.165) is 0 Å². The van der Waals surface area contributed by atoms with Gasteiger partial charge in [-0.1, -0.05) is 0 Å². The minimum atomic E-state index is -1.05. The molecule has 0 atom stereocenters. The maximum Gasteiger partial charge on any atom is 0.339 e. The summed E-state index contributed by atoms with van der Waals surface area (Å²) < 4.78 is 0. The zero-order chi connectivity index (χ0) is 13.3. The third kappa shape index (κ3) is 3.12. The predicted octanol–water partition coefficient (Wildman–Crippen LogP) is 1.20. The van der Waals surface area contributed by atoms with Crippen molar-refractivity contribution in [1.82, 2.24) is 4.98 Å². The van der Waals surface area contributed by atoms with Gasteiger partial charge in [0, 0.05) is 25.2 Å². The fraction of sp³-hybridized carbons (Fsp3) is 0.417. The highest BCUT2D eigenvalue weighted by atomic mass is 35.5. The molecule has 8 heteroatoms. The molecule has 20 heavy (non-hydrogen) atoms. The first-order valence-corrected chi connectivity index (χ1v) is 5.66. The monoisotopic (exact) mass is 318 g/mol. The third-order valence-corrected chi connectivity index (χ3v) is 3.18. The van der Waals surface area contributed by atoms with E-state index in [1.54, 1.807) is 6.92 Å². The number of hydrogen-bond donors (Lipinski definition) is 2. The first-order valence-electron chi connectivity index (χ1n) is 5.66. The smallest absolute Gasteiger partial charge is 0.339 e. The van der Waals surface area contributed by atoms with Gasteiger partial charge in [0.1, 0.15) is 11.6 Å². The SMILES string of the molecule is Cc1ncc(C#N)c(N2CC(CN)C2)c1C(=O)O.Cl.Cl. The second-order valence-corrected chi connectivity index (χ2v) is 4.40. The van der Waals surface area contributed by atoms with Crippen molar-refractivity contribution in [2.24, 2.45) is 11.7 Å². The van der Waals surface area contributed by atoms with Crippen LogP contribution in [0.2, 0.25) is 0 Å². The Morgan fingerprint density at radius 1 is 1.60 bits per heavy atom. The number of carboxylic acids is 1. The average Bonchev–Trinajstić information content (AvgIpc) is 2.27. The Balaban J connectivity index is 0.00000180. The summed E-state index contributed by atoms with van der Waals surface area (Å²) in [6, 6.07) is 2.00. The number of nitrogens with two attached hydrogens (primary N) is 1. The van der Waals surface area contributed by atoms with Crippen LogP contribution in [0.4, 0.5) is 5.69 Å². The summed E-state index contributed by atoms with van der Waals surface area (Å²) in [5.74, 6) is -0.685. The number of nitriles is 1. The van der Waals surface area contributed by atoms with Crippen molar-refractivity contribution in [3.8, 4) is 6.07 Å². The summed E-state index contributed by atoms with van der Waals surface area (Å²) >= 11 is 0. The number of halogens is 2. The van der Waals surface area contributed by atoms with Crippen molar-refractivity contribution in [1.29, 1.82) is 5.26 Å². The van der Waals surface area contributed by atoms with Crippen LogP contribution in [0.5, 0.6) is 0 Å². The molecule has 3 N–H and O–H groups in total. The van der Waals surface area contributed by atoms with E-state index in [-0.39, 0.29) is 30.4 Å². The molecule has 1 aromatic rings. The Morgan fingerprint density at radius 3 is 2.65 bits per heavy atom. The lowest BCUT2D eigenvalue weighted by molar-refractivity contribution is 0.0696. The number of carboxylic acid groups (broad SMARTS) is 1. The van der Waals surface area contributed by atoms with Crippen molar-refractivity contribution in [3.63, 3.8) is 0 Å². The highest BCUT2D eigenvalue weighted by Crippen LogP contribution is 2.32. The molecule has 0 aliphatic carbocycles. The quantitative estimate of drug-likeness (QED) is 0.867. The Kier molecular flexibility index (Phi) is 6.73. The van der Waals surface area contributed by atoms with Crippen LogP contribution in [0.25, 0.3) is 0 Å². The van der Waals surface area contributed by atoms with Crippen LogP contribution < -0.4 is 10.6 Å². The van der Waals surface area contributed by atoms with Gasteiger partial charge in [0.05, 0.1) is 16.9 Å². The summed E-state index contributed by atoms with van der Waals surface area (Å²) in [5, 5.41) is 18.3. The number of pyridine rings is 1. The lowest BCUT2D eigenvalue weighted by Crippen LogP contribution is -2.50. The van der Waals surface area contributed by atoms with E-state index >= 15 is 0 Å². The molecular formula is C12H16Cl2N4O2. The Morgan fingerprint density at radius 2 is 2.20 bits per heavy atom. The fourth-order valence-electron chi connectivity index (χ4n) is 2.16. The molecule has 0 radical (unpaired) electrons. The number of hydrogen-bond acceptors (Lipinski definition) is 5. The summed E-state index contributed by atoms with van der Waals surface area (Å²) in [6.07, 6.45) is 1.42. The van der Waals surface area contributed by atoms with Gasteiger partial charge in [-0.15, -0.1) is 24.8 Å². The molecule has 0 aromatic carbocycles. The predicted molar refractivity (Wildman–Crippen MR) is 79.9 cm³/mol. The first kappa shape index (κ1) is 18.4.